The summed E-state index contributed by atoms with van der Waals surface area (Å²) in [6.45, 7) is 1.77. The van der Waals surface area contributed by atoms with Crippen molar-refractivity contribution in [2.75, 3.05) is 14.1 Å². The summed E-state index contributed by atoms with van der Waals surface area (Å²) in [5.74, 6) is -0.0843. The van der Waals surface area contributed by atoms with E-state index in [1.54, 1.807) is 14.0 Å². The molecule has 0 saturated heterocycles. The molecular formula is C7H15N3O2. The lowest BCUT2D eigenvalue weighted by Crippen LogP contribution is -2.41. The second-order valence-corrected chi connectivity index (χ2v) is 2.50. The minimum Gasteiger partial charge on any atom is -0.359 e. The summed E-state index contributed by atoms with van der Waals surface area (Å²) in [5.41, 5.74) is 0. The van der Waals surface area contributed by atoms with E-state index >= 15 is 0 Å². The van der Waals surface area contributed by atoms with E-state index in [-0.39, 0.29) is 18.0 Å². The van der Waals surface area contributed by atoms with Gasteiger partial charge in [-0.25, -0.2) is 4.79 Å². The van der Waals surface area contributed by atoms with Crippen molar-refractivity contribution >= 4 is 11.9 Å². The van der Waals surface area contributed by atoms with Gasteiger partial charge in [-0.2, -0.15) is 0 Å². The Hall–Kier alpha value is -1.26. The highest BCUT2D eigenvalue weighted by atomic mass is 16.2. The van der Waals surface area contributed by atoms with Gasteiger partial charge in [0.05, 0.1) is 0 Å². The smallest absolute Gasteiger partial charge is 0.314 e. The number of hydrogen-bond acceptors (Lipinski definition) is 2. The van der Waals surface area contributed by atoms with Crippen molar-refractivity contribution in [3.8, 4) is 0 Å². The van der Waals surface area contributed by atoms with Gasteiger partial charge in [-0.3, -0.25) is 4.79 Å². The Bertz CT molecular complexity index is 152. The summed E-state index contributed by atoms with van der Waals surface area (Å²) in [6.07, 6.45) is 0.296. The first-order chi connectivity index (χ1) is 5.60. The van der Waals surface area contributed by atoms with Crippen LogP contribution in [-0.4, -0.2) is 32.1 Å². The van der Waals surface area contributed by atoms with Crippen molar-refractivity contribution in [3.63, 3.8) is 0 Å². The fraction of sp³-hybridized carbons (Fsp3) is 0.714. The summed E-state index contributed by atoms with van der Waals surface area (Å²) in [6, 6.07) is -0.420. The summed E-state index contributed by atoms with van der Waals surface area (Å²) < 4.78 is 0. The monoisotopic (exact) mass is 173 g/mol. The van der Waals surface area contributed by atoms with Crippen LogP contribution in [0, 0.1) is 0 Å². The number of carbonyl (C=O) groups is 2. The quantitative estimate of drug-likeness (QED) is 0.535. The number of rotatable bonds is 3. The Morgan fingerprint density at radius 1 is 1.25 bits per heavy atom. The van der Waals surface area contributed by atoms with Crippen LogP contribution in [0.3, 0.4) is 0 Å². The molecule has 0 saturated carbocycles. The van der Waals surface area contributed by atoms with Gasteiger partial charge in [0.25, 0.3) is 0 Å². The van der Waals surface area contributed by atoms with Crippen molar-refractivity contribution in [2.45, 2.75) is 19.4 Å². The maximum atomic E-state index is 10.8. The molecule has 5 nitrogen and oxygen atoms in total. The fourth-order valence-corrected chi connectivity index (χ4v) is 0.727. The molecule has 0 aliphatic carbocycles. The average molecular weight is 173 g/mol. The third-order valence-corrected chi connectivity index (χ3v) is 1.37. The highest BCUT2D eigenvalue weighted by Gasteiger charge is 2.08. The van der Waals surface area contributed by atoms with Crippen LogP contribution in [0.2, 0.25) is 0 Å². The van der Waals surface area contributed by atoms with Gasteiger partial charge in [0, 0.05) is 26.6 Å². The minimum atomic E-state index is -0.272. The largest absolute Gasteiger partial charge is 0.359 e. The zero-order valence-corrected chi connectivity index (χ0v) is 7.60. The van der Waals surface area contributed by atoms with E-state index in [1.165, 1.54) is 7.05 Å². The van der Waals surface area contributed by atoms with Crippen molar-refractivity contribution in [3.05, 3.63) is 0 Å². The predicted octanol–water partition coefficient (Wildman–Crippen LogP) is -0.560. The highest BCUT2D eigenvalue weighted by molar-refractivity contribution is 5.78. The molecule has 12 heavy (non-hydrogen) atoms. The van der Waals surface area contributed by atoms with Crippen LogP contribution in [0.1, 0.15) is 13.3 Å². The van der Waals surface area contributed by atoms with Crippen molar-refractivity contribution in [2.24, 2.45) is 0 Å². The Kier molecular flexibility index (Phi) is 4.83. The van der Waals surface area contributed by atoms with E-state index in [4.69, 9.17) is 0 Å². The van der Waals surface area contributed by atoms with Gasteiger partial charge in [0.1, 0.15) is 0 Å². The second-order valence-electron chi connectivity index (χ2n) is 2.50. The van der Waals surface area contributed by atoms with E-state index in [1.807, 2.05) is 0 Å². The molecule has 0 aliphatic rings. The number of carbonyl (C=O) groups excluding carboxylic acids is 2. The Labute approximate surface area is 71.9 Å². The molecule has 0 aromatic heterocycles. The Morgan fingerprint density at radius 2 is 1.83 bits per heavy atom. The van der Waals surface area contributed by atoms with Gasteiger partial charge < -0.3 is 16.0 Å². The van der Waals surface area contributed by atoms with E-state index in [0.717, 1.165) is 0 Å². The zero-order chi connectivity index (χ0) is 9.56. The highest BCUT2D eigenvalue weighted by Crippen LogP contribution is 1.88. The van der Waals surface area contributed by atoms with E-state index in [9.17, 15) is 9.59 Å². The van der Waals surface area contributed by atoms with Gasteiger partial charge in [-0.1, -0.05) is 0 Å². The molecule has 0 aromatic carbocycles. The molecule has 0 radical (unpaired) electrons. The van der Waals surface area contributed by atoms with Crippen LogP contribution in [0.5, 0.6) is 0 Å². The summed E-state index contributed by atoms with van der Waals surface area (Å²) in [5, 5.41) is 7.47. The number of nitrogens with one attached hydrogen (secondary N) is 3. The standard InChI is InChI=1S/C7H15N3O2/c1-5(4-6(11)8-2)10-7(12)9-3/h5H,4H2,1-3H3,(H,8,11)(H2,9,10,12). The first kappa shape index (κ1) is 10.7. The predicted molar refractivity (Wildman–Crippen MR) is 45.7 cm³/mol. The third-order valence-electron chi connectivity index (χ3n) is 1.37. The number of hydrogen-bond donors (Lipinski definition) is 3. The van der Waals surface area contributed by atoms with Gasteiger partial charge in [0.15, 0.2) is 0 Å². The molecule has 0 rings (SSSR count). The second kappa shape index (κ2) is 5.40. The topological polar surface area (TPSA) is 70.2 Å². The molecule has 3 N–H and O–H groups in total. The van der Waals surface area contributed by atoms with Crippen LogP contribution in [0.15, 0.2) is 0 Å². The minimum absolute atomic E-state index is 0.0843. The molecule has 0 aliphatic heterocycles. The Balaban J connectivity index is 3.66. The molecular weight excluding hydrogens is 158 g/mol. The summed E-state index contributed by atoms with van der Waals surface area (Å²) >= 11 is 0. The molecule has 1 atom stereocenters. The maximum absolute atomic E-state index is 10.8. The Morgan fingerprint density at radius 3 is 2.25 bits per heavy atom. The van der Waals surface area contributed by atoms with Crippen molar-refractivity contribution in [1.82, 2.24) is 16.0 Å². The van der Waals surface area contributed by atoms with Crippen LogP contribution in [-0.2, 0) is 4.79 Å². The van der Waals surface area contributed by atoms with Gasteiger partial charge in [0.2, 0.25) is 5.91 Å². The first-order valence-corrected chi connectivity index (χ1v) is 3.79. The normalized spacial score (nSPS) is 11.6. The van der Waals surface area contributed by atoms with Crippen LogP contribution >= 0.6 is 0 Å². The summed E-state index contributed by atoms with van der Waals surface area (Å²) in [4.78, 5) is 21.5. The van der Waals surface area contributed by atoms with E-state index < -0.39 is 0 Å². The zero-order valence-electron chi connectivity index (χ0n) is 7.60. The fourth-order valence-electron chi connectivity index (χ4n) is 0.727. The molecule has 5 heteroatoms. The van der Waals surface area contributed by atoms with E-state index in [0.29, 0.717) is 6.42 Å². The lowest BCUT2D eigenvalue weighted by molar-refractivity contribution is -0.120. The molecule has 0 heterocycles. The van der Waals surface area contributed by atoms with Gasteiger partial charge in [-0.05, 0) is 6.92 Å². The average Bonchev–Trinajstić information content (AvgIpc) is 2.03. The SMILES string of the molecule is CNC(=O)CC(C)NC(=O)NC. The molecule has 0 spiro atoms. The molecule has 0 bridgehead atoms. The van der Waals surface area contributed by atoms with E-state index in [2.05, 4.69) is 16.0 Å². The van der Waals surface area contributed by atoms with Crippen molar-refractivity contribution < 1.29 is 9.59 Å². The van der Waals surface area contributed by atoms with Crippen LogP contribution < -0.4 is 16.0 Å². The molecule has 1 unspecified atom stereocenters. The van der Waals surface area contributed by atoms with Crippen LogP contribution in [0.25, 0.3) is 0 Å². The van der Waals surface area contributed by atoms with Crippen molar-refractivity contribution in [1.29, 1.82) is 0 Å². The van der Waals surface area contributed by atoms with Crippen LogP contribution in [0.4, 0.5) is 4.79 Å². The molecule has 3 amide bonds. The lowest BCUT2D eigenvalue weighted by atomic mass is 10.2. The molecule has 0 aromatic rings. The van der Waals surface area contributed by atoms with Gasteiger partial charge >= 0.3 is 6.03 Å². The number of urea groups is 1. The summed E-state index contributed by atoms with van der Waals surface area (Å²) in [7, 11) is 3.09. The third kappa shape index (κ3) is 4.54. The van der Waals surface area contributed by atoms with Gasteiger partial charge in [-0.15, -0.1) is 0 Å². The lowest BCUT2D eigenvalue weighted by Gasteiger charge is -2.11. The maximum Gasteiger partial charge on any atom is 0.314 e. The number of amides is 3. The first-order valence-electron chi connectivity index (χ1n) is 3.79. The molecule has 0 fully saturated rings. The molecule has 70 valence electrons.